The molecule has 0 amide bonds. The highest BCUT2D eigenvalue weighted by atomic mass is 35.5. The van der Waals surface area contributed by atoms with Gasteiger partial charge in [0.05, 0.1) is 11.8 Å². The quantitative estimate of drug-likeness (QED) is 0.365. The normalized spacial score (nSPS) is 45.5. The second kappa shape index (κ2) is 7.16. The smallest absolute Gasteiger partial charge is 0.231 e. The molecule has 0 aromatic rings. The number of ether oxygens (including phenoxy) is 3. The minimum Gasteiger partial charge on any atom is -0.464 e. The SMILES string of the molecule is OCC1=C[C@H](O)[C@@H](O)[C@@H](O[C@]2(CCl)O[C@H](CCl)[C@@H](O)[C@@H]2O)O1. The zero-order valence-electron chi connectivity index (χ0n) is 11.4. The van der Waals surface area contributed by atoms with Crippen LogP contribution in [-0.2, 0) is 14.2 Å². The van der Waals surface area contributed by atoms with E-state index in [1.807, 2.05) is 0 Å². The van der Waals surface area contributed by atoms with Crippen molar-refractivity contribution >= 4 is 23.2 Å². The van der Waals surface area contributed by atoms with Crippen LogP contribution in [0, 0.1) is 0 Å². The lowest BCUT2D eigenvalue weighted by Crippen LogP contribution is -2.54. The van der Waals surface area contributed by atoms with Crippen molar-refractivity contribution in [1.29, 1.82) is 0 Å². The van der Waals surface area contributed by atoms with Crippen LogP contribution in [0.2, 0.25) is 0 Å². The molecule has 5 N–H and O–H groups in total. The number of halogens is 2. The van der Waals surface area contributed by atoms with Crippen molar-refractivity contribution < 1.29 is 39.7 Å². The highest BCUT2D eigenvalue weighted by molar-refractivity contribution is 6.19. The van der Waals surface area contributed by atoms with Gasteiger partial charge in [-0.15, -0.1) is 23.2 Å². The molecule has 2 rings (SSSR count). The summed E-state index contributed by atoms with van der Waals surface area (Å²) < 4.78 is 16.0. The van der Waals surface area contributed by atoms with E-state index in [0.717, 1.165) is 6.08 Å². The Bertz CT molecular complexity index is 422. The highest BCUT2D eigenvalue weighted by Gasteiger charge is 2.57. The van der Waals surface area contributed by atoms with Crippen LogP contribution in [0.5, 0.6) is 0 Å². The molecule has 1 fully saturated rings. The number of hydrogen-bond acceptors (Lipinski definition) is 8. The van der Waals surface area contributed by atoms with Gasteiger partial charge in [-0.25, -0.2) is 0 Å². The zero-order chi connectivity index (χ0) is 16.5. The van der Waals surface area contributed by atoms with Crippen LogP contribution in [0.1, 0.15) is 0 Å². The predicted molar refractivity (Wildman–Crippen MR) is 74.2 cm³/mol. The maximum atomic E-state index is 10.1. The molecule has 8 nitrogen and oxygen atoms in total. The van der Waals surface area contributed by atoms with Crippen molar-refractivity contribution in [1.82, 2.24) is 0 Å². The molecule has 10 heteroatoms. The molecule has 0 saturated carbocycles. The number of aliphatic hydroxyl groups excluding tert-OH is 5. The minimum atomic E-state index is -1.87. The monoisotopic (exact) mass is 360 g/mol. The summed E-state index contributed by atoms with van der Waals surface area (Å²) in [5, 5.41) is 48.6. The Morgan fingerprint density at radius 1 is 1.18 bits per heavy atom. The fraction of sp³-hybridized carbons (Fsp3) is 0.833. The number of alkyl halides is 2. The average molecular weight is 361 g/mol. The summed E-state index contributed by atoms with van der Waals surface area (Å²) in [6, 6.07) is 0. The van der Waals surface area contributed by atoms with Gasteiger partial charge in [-0.1, -0.05) is 0 Å². The molecule has 2 aliphatic rings. The van der Waals surface area contributed by atoms with Crippen LogP contribution in [0.15, 0.2) is 11.8 Å². The number of aliphatic hydroxyl groups is 5. The van der Waals surface area contributed by atoms with Gasteiger partial charge in [0.2, 0.25) is 12.1 Å². The first-order valence-corrected chi connectivity index (χ1v) is 7.63. The Hall–Kier alpha value is -0.160. The van der Waals surface area contributed by atoms with Gasteiger partial charge in [-0.05, 0) is 6.08 Å². The third-order valence-corrected chi connectivity index (χ3v) is 4.25. The van der Waals surface area contributed by atoms with Crippen LogP contribution in [0.25, 0.3) is 0 Å². The Kier molecular flexibility index (Phi) is 5.92. The Labute approximate surface area is 136 Å². The van der Waals surface area contributed by atoms with Crippen molar-refractivity contribution in [2.75, 3.05) is 18.4 Å². The van der Waals surface area contributed by atoms with Crippen molar-refractivity contribution in [3.8, 4) is 0 Å². The van der Waals surface area contributed by atoms with Gasteiger partial charge in [0.25, 0.3) is 0 Å². The molecule has 7 atom stereocenters. The van der Waals surface area contributed by atoms with Crippen LogP contribution in [-0.4, -0.2) is 86.5 Å². The molecule has 2 aliphatic heterocycles. The van der Waals surface area contributed by atoms with Gasteiger partial charge >= 0.3 is 0 Å². The Morgan fingerprint density at radius 3 is 2.36 bits per heavy atom. The fourth-order valence-corrected chi connectivity index (χ4v) is 2.84. The maximum Gasteiger partial charge on any atom is 0.231 e. The molecule has 0 aromatic carbocycles. The van der Waals surface area contributed by atoms with E-state index in [2.05, 4.69) is 0 Å². The Balaban J connectivity index is 2.18. The molecule has 22 heavy (non-hydrogen) atoms. The van der Waals surface area contributed by atoms with E-state index in [1.54, 1.807) is 0 Å². The van der Waals surface area contributed by atoms with E-state index >= 15 is 0 Å². The van der Waals surface area contributed by atoms with Crippen molar-refractivity contribution in [2.24, 2.45) is 0 Å². The lowest BCUT2D eigenvalue weighted by atomic mass is 10.1. The second-order valence-corrected chi connectivity index (χ2v) is 5.64. The van der Waals surface area contributed by atoms with Gasteiger partial charge in [0.1, 0.15) is 42.9 Å². The molecule has 0 bridgehead atoms. The summed E-state index contributed by atoms with van der Waals surface area (Å²) in [5.74, 6) is -2.39. The lowest BCUT2D eigenvalue weighted by Gasteiger charge is -2.38. The third-order valence-electron chi connectivity index (χ3n) is 3.57. The summed E-state index contributed by atoms with van der Waals surface area (Å²) in [6.45, 7) is -0.520. The van der Waals surface area contributed by atoms with Crippen molar-refractivity contribution in [2.45, 2.75) is 42.6 Å². The summed E-state index contributed by atoms with van der Waals surface area (Å²) in [7, 11) is 0. The highest BCUT2D eigenvalue weighted by Crippen LogP contribution is 2.37. The van der Waals surface area contributed by atoms with Gasteiger partial charge in [-0.3, -0.25) is 0 Å². The van der Waals surface area contributed by atoms with E-state index in [9.17, 15) is 20.4 Å². The lowest BCUT2D eigenvalue weighted by molar-refractivity contribution is -0.331. The van der Waals surface area contributed by atoms with E-state index in [-0.39, 0.29) is 17.5 Å². The maximum absolute atomic E-state index is 10.1. The molecule has 0 aliphatic carbocycles. The first kappa shape index (κ1) is 18.2. The summed E-state index contributed by atoms with van der Waals surface area (Å²) in [6.07, 6.45) is -6.98. The average Bonchev–Trinajstić information content (AvgIpc) is 2.76. The second-order valence-electron chi connectivity index (χ2n) is 5.07. The number of rotatable bonds is 5. The molecule has 128 valence electrons. The molecule has 0 radical (unpaired) electrons. The summed E-state index contributed by atoms with van der Waals surface area (Å²) in [4.78, 5) is 0. The van der Waals surface area contributed by atoms with E-state index < -0.39 is 49.2 Å². The minimum absolute atomic E-state index is 0.0190. The molecule has 1 saturated heterocycles. The molecule has 0 unspecified atom stereocenters. The number of hydrogen-bond donors (Lipinski definition) is 5. The van der Waals surface area contributed by atoms with Gasteiger partial charge in [0, 0.05) is 0 Å². The standard InChI is InChI=1S/C12H18Cl2O8/c13-2-7-9(18)10(19)12(4-14,21-7)22-11-8(17)6(16)1-5(3-15)20-11/h1,6-11,15-19H,2-4H2/t6-,7+,8+,9+,10-,11+,12-/m0/s1. The first-order chi connectivity index (χ1) is 10.4. The van der Waals surface area contributed by atoms with Crippen LogP contribution >= 0.6 is 23.2 Å². The van der Waals surface area contributed by atoms with Crippen LogP contribution < -0.4 is 0 Å². The zero-order valence-corrected chi connectivity index (χ0v) is 12.9. The van der Waals surface area contributed by atoms with Gasteiger partial charge in [0.15, 0.2) is 0 Å². The fourth-order valence-electron chi connectivity index (χ4n) is 2.31. The molecule has 2 heterocycles. The molecular formula is C12H18Cl2O8. The van der Waals surface area contributed by atoms with Crippen molar-refractivity contribution in [3.63, 3.8) is 0 Å². The van der Waals surface area contributed by atoms with Crippen LogP contribution in [0.4, 0.5) is 0 Å². The van der Waals surface area contributed by atoms with Crippen molar-refractivity contribution in [3.05, 3.63) is 11.8 Å². The topological polar surface area (TPSA) is 129 Å². The molecule has 0 aromatic heterocycles. The summed E-state index contributed by atoms with van der Waals surface area (Å²) >= 11 is 11.4. The predicted octanol–water partition coefficient (Wildman–Crippen LogP) is -1.75. The van der Waals surface area contributed by atoms with E-state index in [0.29, 0.717) is 0 Å². The summed E-state index contributed by atoms with van der Waals surface area (Å²) in [5.41, 5.74) is 0. The van der Waals surface area contributed by atoms with E-state index in [1.165, 1.54) is 0 Å². The van der Waals surface area contributed by atoms with Crippen LogP contribution in [0.3, 0.4) is 0 Å². The largest absolute Gasteiger partial charge is 0.464 e. The van der Waals surface area contributed by atoms with E-state index in [4.69, 9.17) is 42.5 Å². The van der Waals surface area contributed by atoms with Gasteiger partial charge in [-0.2, -0.15) is 0 Å². The molecule has 0 spiro atoms. The Morgan fingerprint density at radius 2 is 1.86 bits per heavy atom. The molecular weight excluding hydrogens is 343 g/mol. The first-order valence-electron chi connectivity index (χ1n) is 6.56. The third kappa shape index (κ3) is 3.21. The van der Waals surface area contributed by atoms with Gasteiger partial charge < -0.3 is 39.7 Å².